The molecule has 9 nitrogen and oxygen atoms in total. The van der Waals surface area contributed by atoms with Crippen LogP contribution in [-0.4, -0.2) is 59.6 Å². The van der Waals surface area contributed by atoms with Crippen molar-refractivity contribution in [2.45, 2.75) is 6.92 Å². The zero-order valence-electron chi connectivity index (χ0n) is 12.7. The molecule has 0 aliphatic carbocycles. The van der Waals surface area contributed by atoms with Crippen LogP contribution in [0.1, 0.15) is 6.92 Å². The molecule has 1 aromatic carbocycles. The summed E-state index contributed by atoms with van der Waals surface area (Å²) < 4.78 is 4.91. The minimum Gasteiger partial charge on any atom is -0.450 e. The standard InChI is InChI=1S/C14H18N4O5/c1-2-23-14(20)17-9-7-16(8-10-17)13(19)15-11-5-3-4-6-12(11)18(21)22/h3-6H,2,7-10H2,1H3,(H,15,19). The van der Waals surface area contributed by atoms with Gasteiger partial charge in [0, 0.05) is 32.2 Å². The molecule has 1 fully saturated rings. The Hall–Kier alpha value is -2.84. The first-order valence-electron chi connectivity index (χ1n) is 7.24. The van der Waals surface area contributed by atoms with E-state index in [2.05, 4.69) is 5.32 Å². The van der Waals surface area contributed by atoms with Crippen LogP contribution >= 0.6 is 0 Å². The van der Waals surface area contributed by atoms with Crippen LogP contribution in [0.2, 0.25) is 0 Å². The molecule has 124 valence electrons. The first kappa shape index (κ1) is 16.5. The number of ether oxygens (including phenoxy) is 1. The fourth-order valence-corrected chi connectivity index (χ4v) is 2.24. The van der Waals surface area contributed by atoms with Crippen LogP contribution in [0.4, 0.5) is 21.0 Å². The number of nitrogens with one attached hydrogen (secondary N) is 1. The van der Waals surface area contributed by atoms with Crippen LogP contribution in [0.3, 0.4) is 0 Å². The molecule has 0 radical (unpaired) electrons. The number of benzene rings is 1. The molecule has 23 heavy (non-hydrogen) atoms. The fourth-order valence-electron chi connectivity index (χ4n) is 2.24. The molecule has 1 saturated heterocycles. The van der Waals surface area contributed by atoms with E-state index in [0.29, 0.717) is 32.8 Å². The Morgan fingerprint density at radius 3 is 2.43 bits per heavy atom. The number of nitro groups is 1. The van der Waals surface area contributed by atoms with Crippen LogP contribution in [0.5, 0.6) is 0 Å². The van der Waals surface area contributed by atoms with E-state index < -0.39 is 17.0 Å². The summed E-state index contributed by atoms with van der Waals surface area (Å²) in [7, 11) is 0. The second-order valence-electron chi connectivity index (χ2n) is 4.88. The lowest BCUT2D eigenvalue weighted by Gasteiger charge is -2.33. The van der Waals surface area contributed by atoms with E-state index >= 15 is 0 Å². The van der Waals surface area contributed by atoms with Crippen molar-refractivity contribution < 1.29 is 19.2 Å². The Kier molecular flexibility index (Phi) is 5.34. The van der Waals surface area contributed by atoms with Gasteiger partial charge in [0.05, 0.1) is 11.5 Å². The molecule has 1 heterocycles. The van der Waals surface area contributed by atoms with Gasteiger partial charge in [-0.3, -0.25) is 10.1 Å². The average molecular weight is 322 g/mol. The summed E-state index contributed by atoms with van der Waals surface area (Å²) in [6.07, 6.45) is -0.397. The summed E-state index contributed by atoms with van der Waals surface area (Å²) in [5, 5.41) is 13.5. The molecule has 0 saturated carbocycles. The lowest BCUT2D eigenvalue weighted by atomic mass is 10.2. The number of anilines is 1. The van der Waals surface area contributed by atoms with Gasteiger partial charge >= 0.3 is 12.1 Å². The Labute approximate surface area is 133 Å². The van der Waals surface area contributed by atoms with Gasteiger partial charge in [-0.1, -0.05) is 12.1 Å². The van der Waals surface area contributed by atoms with E-state index in [9.17, 15) is 19.7 Å². The highest BCUT2D eigenvalue weighted by atomic mass is 16.6. The number of nitrogens with zero attached hydrogens (tertiary/aromatic N) is 3. The number of urea groups is 1. The van der Waals surface area contributed by atoms with E-state index in [-0.39, 0.29) is 11.4 Å². The topological polar surface area (TPSA) is 105 Å². The summed E-state index contributed by atoms with van der Waals surface area (Å²) in [6, 6.07) is 5.52. The first-order valence-corrected chi connectivity index (χ1v) is 7.24. The number of piperazine rings is 1. The molecular weight excluding hydrogens is 304 g/mol. The van der Waals surface area contributed by atoms with Crippen molar-refractivity contribution in [3.05, 3.63) is 34.4 Å². The maximum Gasteiger partial charge on any atom is 0.409 e. The highest BCUT2D eigenvalue weighted by Gasteiger charge is 2.26. The number of amides is 3. The van der Waals surface area contributed by atoms with Gasteiger partial charge in [-0.05, 0) is 13.0 Å². The Bertz CT molecular complexity index is 599. The first-order chi connectivity index (χ1) is 11.0. The quantitative estimate of drug-likeness (QED) is 0.676. The van der Waals surface area contributed by atoms with E-state index in [1.165, 1.54) is 28.0 Å². The second-order valence-corrected chi connectivity index (χ2v) is 4.88. The summed E-state index contributed by atoms with van der Waals surface area (Å²) in [4.78, 5) is 37.2. The van der Waals surface area contributed by atoms with Crippen molar-refractivity contribution in [1.82, 2.24) is 9.80 Å². The molecular formula is C14H18N4O5. The third-order valence-corrected chi connectivity index (χ3v) is 3.44. The molecule has 1 N–H and O–H groups in total. The summed E-state index contributed by atoms with van der Waals surface area (Å²) in [6.45, 7) is 3.44. The summed E-state index contributed by atoms with van der Waals surface area (Å²) >= 11 is 0. The van der Waals surface area contributed by atoms with Gasteiger partial charge in [0.2, 0.25) is 0 Å². The fraction of sp³-hybridized carbons (Fsp3) is 0.429. The molecule has 0 bridgehead atoms. The molecule has 0 spiro atoms. The maximum atomic E-state index is 12.2. The van der Waals surface area contributed by atoms with Crippen LogP contribution in [-0.2, 0) is 4.74 Å². The van der Waals surface area contributed by atoms with E-state index in [0.717, 1.165) is 0 Å². The number of carbonyl (C=O) groups is 2. The second kappa shape index (κ2) is 7.43. The van der Waals surface area contributed by atoms with Crippen molar-refractivity contribution in [1.29, 1.82) is 0 Å². The van der Waals surface area contributed by atoms with Crippen molar-refractivity contribution in [3.63, 3.8) is 0 Å². The SMILES string of the molecule is CCOC(=O)N1CCN(C(=O)Nc2ccccc2[N+](=O)[O-])CC1. The van der Waals surface area contributed by atoms with Gasteiger partial charge in [-0.2, -0.15) is 0 Å². The van der Waals surface area contributed by atoms with Gasteiger partial charge in [0.1, 0.15) is 5.69 Å². The normalized spacial score (nSPS) is 14.3. The van der Waals surface area contributed by atoms with Gasteiger partial charge in [-0.15, -0.1) is 0 Å². The Morgan fingerprint density at radius 1 is 1.22 bits per heavy atom. The molecule has 9 heteroatoms. The third kappa shape index (κ3) is 4.09. The molecule has 0 unspecified atom stereocenters. The van der Waals surface area contributed by atoms with Crippen molar-refractivity contribution in [2.24, 2.45) is 0 Å². The van der Waals surface area contributed by atoms with Gasteiger partial charge < -0.3 is 19.9 Å². The van der Waals surface area contributed by atoms with Crippen LogP contribution in [0.25, 0.3) is 0 Å². The molecule has 0 atom stereocenters. The highest BCUT2D eigenvalue weighted by molar-refractivity contribution is 5.92. The molecule has 1 aromatic rings. The van der Waals surface area contributed by atoms with E-state index in [1.807, 2.05) is 0 Å². The molecule has 0 aromatic heterocycles. The molecule has 3 amide bonds. The van der Waals surface area contributed by atoms with Crippen molar-refractivity contribution >= 4 is 23.5 Å². The predicted octanol–water partition coefficient (Wildman–Crippen LogP) is 1.90. The predicted molar refractivity (Wildman–Crippen MR) is 82.3 cm³/mol. The van der Waals surface area contributed by atoms with Crippen LogP contribution in [0.15, 0.2) is 24.3 Å². The lowest BCUT2D eigenvalue weighted by Crippen LogP contribution is -2.51. The Morgan fingerprint density at radius 2 is 1.83 bits per heavy atom. The maximum absolute atomic E-state index is 12.2. The number of hydrogen-bond donors (Lipinski definition) is 1. The number of hydrogen-bond acceptors (Lipinski definition) is 5. The minimum atomic E-state index is -0.547. The monoisotopic (exact) mass is 322 g/mol. The highest BCUT2D eigenvalue weighted by Crippen LogP contribution is 2.23. The number of para-hydroxylation sites is 2. The van der Waals surface area contributed by atoms with Crippen LogP contribution in [0, 0.1) is 10.1 Å². The third-order valence-electron chi connectivity index (χ3n) is 3.44. The Balaban J connectivity index is 1.93. The minimum absolute atomic E-state index is 0.148. The molecule has 1 aliphatic heterocycles. The van der Waals surface area contributed by atoms with Crippen molar-refractivity contribution in [3.8, 4) is 0 Å². The molecule has 2 rings (SSSR count). The number of rotatable bonds is 3. The summed E-state index contributed by atoms with van der Waals surface area (Å²) in [5.41, 5.74) is -0.0127. The smallest absolute Gasteiger partial charge is 0.409 e. The van der Waals surface area contributed by atoms with Crippen molar-refractivity contribution in [2.75, 3.05) is 38.1 Å². The van der Waals surface area contributed by atoms with Crippen LogP contribution < -0.4 is 5.32 Å². The number of carbonyl (C=O) groups excluding carboxylic acids is 2. The number of nitro benzene ring substituents is 1. The lowest BCUT2D eigenvalue weighted by molar-refractivity contribution is -0.383. The van der Waals surface area contributed by atoms with E-state index in [4.69, 9.17) is 4.74 Å². The zero-order valence-corrected chi connectivity index (χ0v) is 12.7. The largest absolute Gasteiger partial charge is 0.450 e. The zero-order chi connectivity index (χ0) is 16.8. The van der Waals surface area contributed by atoms with Gasteiger partial charge in [0.25, 0.3) is 5.69 Å². The van der Waals surface area contributed by atoms with Gasteiger partial charge in [0.15, 0.2) is 0 Å². The van der Waals surface area contributed by atoms with E-state index in [1.54, 1.807) is 13.0 Å². The summed E-state index contributed by atoms with van der Waals surface area (Å²) in [5.74, 6) is 0. The molecule has 1 aliphatic rings. The average Bonchev–Trinajstić information content (AvgIpc) is 2.55. The van der Waals surface area contributed by atoms with Gasteiger partial charge in [-0.25, -0.2) is 9.59 Å².